The van der Waals surface area contributed by atoms with E-state index >= 15 is 0 Å². The fourth-order valence-electron chi connectivity index (χ4n) is 2.88. The highest BCUT2D eigenvalue weighted by Crippen LogP contribution is 2.18. The van der Waals surface area contributed by atoms with E-state index in [2.05, 4.69) is 5.32 Å². The number of hydrogen-bond donors (Lipinski definition) is 1. The molecule has 2 rings (SSSR count). The van der Waals surface area contributed by atoms with Crippen LogP contribution in [0.2, 0.25) is 5.02 Å². The molecule has 0 spiro atoms. The number of rotatable bonds is 8. The summed E-state index contributed by atoms with van der Waals surface area (Å²) in [6, 6.07) is 16.6. The molecule has 2 aromatic rings. The number of nitrogens with one attached hydrogen (secondary N) is 1. The van der Waals surface area contributed by atoms with Crippen molar-refractivity contribution in [1.82, 2.24) is 10.2 Å². The minimum atomic E-state index is -0.566. The Balaban J connectivity index is 2.33. The summed E-state index contributed by atoms with van der Waals surface area (Å²) in [6.45, 7) is 4.56. The van der Waals surface area contributed by atoms with Crippen LogP contribution in [0.15, 0.2) is 54.6 Å². The third kappa shape index (κ3) is 5.60. The van der Waals surface area contributed by atoms with Crippen LogP contribution >= 0.6 is 11.6 Å². The molecular weight excluding hydrogens is 348 g/mol. The minimum Gasteiger partial charge on any atom is -0.355 e. The summed E-state index contributed by atoms with van der Waals surface area (Å²) in [5.74, 6) is -0.197. The zero-order valence-corrected chi connectivity index (χ0v) is 16.0. The number of benzene rings is 2. The van der Waals surface area contributed by atoms with Gasteiger partial charge in [-0.15, -0.1) is 0 Å². The lowest BCUT2D eigenvalue weighted by Gasteiger charge is -2.31. The van der Waals surface area contributed by atoms with Crippen LogP contribution in [0, 0.1) is 0 Å². The Bertz CT molecular complexity index is 734. The SMILES string of the molecule is CCNC(=O)[C@@H](Cc1ccccc1)N(Cc1cccc(Cl)c1)C(=O)CC. The quantitative estimate of drug-likeness (QED) is 0.765. The third-order valence-electron chi connectivity index (χ3n) is 4.17. The van der Waals surface area contributed by atoms with Crippen molar-refractivity contribution in [2.75, 3.05) is 6.54 Å². The third-order valence-corrected chi connectivity index (χ3v) is 4.40. The predicted octanol–water partition coefficient (Wildman–Crippen LogP) is 3.83. The average Bonchev–Trinajstić information content (AvgIpc) is 2.65. The van der Waals surface area contributed by atoms with Crippen LogP contribution in [0.5, 0.6) is 0 Å². The molecule has 138 valence electrons. The fourth-order valence-corrected chi connectivity index (χ4v) is 3.09. The summed E-state index contributed by atoms with van der Waals surface area (Å²) >= 11 is 6.08. The normalized spacial score (nSPS) is 11.7. The van der Waals surface area contributed by atoms with Crippen LogP contribution in [0.3, 0.4) is 0 Å². The molecule has 0 aliphatic carbocycles. The van der Waals surface area contributed by atoms with Crippen LogP contribution in [-0.2, 0) is 22.6 Å². The number of nitrogens with zero attached hydrogens (tertiary/aromatic N) is 1. The highest BCUT2D eigenvalue weighted by Gasteiger charge is 2.29. The molecule has 0 heterocycles. The number of carbonyl (C=O) groups is 2. The Morgan fingerprint density at radius 2 is 1.73 bits per heavy atom. The van der Waals surface area contributed by atoms with Gasteiger partial charge in [-0.25, -0.2) is 0 Å². The van der Waals surface area contributed by atoms with E-state index in [-0.39, 0.29) is 11.8 Å². The van der Waals surface area contributed by atoms with E-state index in [0.29, 0.717) is 31.0 Å². The largest absolute Gasteiger partial charge is 0.355 e. The maximum absolute atomic E-state index is 12.7. The standard InChI is InChI=1S/C21H25ClN2O2/c1-3-20(25)24(15-17-11-8-12-18(22)13-17)19(21(26)23-4-2)14-16-9-6-5-7-10-16/h5-13,19H,3-4,14-15H2,1-2H3,(H,23,26)/t19-/m1/s1. The zero-order valence-electron chi connectivity index (χ0n) is 15.2. The van der Waals surface area contributed by atoms with Gasteiger partial charge >= 0.3 is 0 Å². The first-order valence-corrected chi connectivity index (χ1v) is 9.28. The molecule has 2 amide bonds. The molecule has 0 bridgehead atoms. The summed E-state index contributed by atoms with van der Waals surface area (Å²) in [6.07, 6.45) is 0.810. The van der Waals surface area contributed by atoms with E-state index in [1.54, 1.807) is 11.0 Å². The fraction of sp³-hybridized carbons (Fsp3) is 0.333. The molecule has 26 heavy (non-hydrogen) atoms. The topological polar surface area (TPSA) is 49.4 Å². The zero-order chi connectivity index (χ0) is 18.9. The Hall–Kier alpha value is -2.33. The number of amides is 2. The van der Waals surface area contributed by atoms with E-state index in [1.165, 1.54) is 0 Å². The monoisotopic (exact) mass is 372 g/mol. The van der Waals surface area contributed by atoms with Gasteiger partial charge < -0.3 is 10.2 Å². The van der Waals surface area contributed by atoms with Gasteiger partial charge in [0.2, 0.25) is 11.8 Å². The molecule has 4 nitrogen and oxygen atoms in total. The van der Waals surface area contributed by atoms with Gasteiger partial charge in [-0.1, -0.05) is 61.0 Å². The van der Waals surface area contributed by atoms with Crippen LogP contribution in [-0.4, -0.2) is 29.3 Å². The van der Waals surface area contributed by atoms with Crippen LogP contribution in [0.25, 0.3) is 0 Å². The first-order chi connectivity index (χ1) is 12.5. The molecule has 0 aliphatic heterocycles. The molecule has 5 heteroatoms. The highest BCUT2D eigenvalue weighted by atomic mass is 35.5. The van der Waals surface area contributed by atoms with Crippen molar-refractivity contribution < 1.29 is 9.59 Å². The summed E-state index contributed by atoms with van der Waals surface area (Å²) in [4.78, 5) is 27.0. The highest BCUT2D eigenvalue weighted by molar-refractivity contribution is 6.30. The Morgan fingerprint density at radius 1 is 1.04 bits per heavy atom. The Labute approximate surface area is 160 Å². The summed E-state index contributed by atoms with van der Waals surface area (Å²) in [5, 5.41) is 3.48. The molecule has 0 fully saturated rings. The smallest absolute Gasteiger partial charge is 0.243 e. The van der Waals surface area contributed by atoms with Crippen LogP contribution in [0.4, 0.5) is 0 Å². The second-order valence-electron chi connectivity index (χ2n) is 6.11. The second kappa shape index (κ2) is 9.97. The van der Waals surface area contributed by atoms with Crippen molar-refractivity contribution >= 4 is 23.4 Å². The van der Waals surface area contributed by atoms with Gasteiger partial charge in [0, 0.05) is 31.0 Å². The summed E-state index contributed by atoms with van der Waals surface area (Å²) < 4.78 is 0. The molecule has 0 saturated heterocycles. The maximum atomic E-state index is 12.7. The van der Waals surface area contributed by atoms with E-state index in [1.807, 2.05) is 62.4 Å². The summed E-state index contributed by atoms with van der Waals surface area (Å²) in [5.41, 5.74) is 1.92. The first-order valence-electron chi connectivity index (χ1n) is 8.90. The molecule has 0 radical (unpaired) electrons. The molecule has 0 saturated carbocycles. The lowest BCUT2D eigenvalue weighted by atomic mass is 10.0. The van der Waals surface area contributed by atoms with Crippen molar-refractivity contribution in [3.05, 3.63) is 70.7 Å². The Kier molecular flexibility index (Phi) is 7.67. The van der Waals surface area contributed by atoms with Gasteiger partial charge in [-0.05, 0) is 30.2 Å². The van der Waals surface area contributed by atoms with Crippen molar-refractivity contribution in [3.8, 4) is 0 Å². The molecule has 1 N–H and O–H groups in total. The maximum Gasteiger partial charge on any atom is 0.243 e. The van der Waals surface area contributed by atoms with Gasteiger partial charge in [-0.2, -0.15) is 0 Å². The van der Waals surface area contributed by atoms with E-state index in [4.69, 9.17) is 11.6 Å². The van der Waals surface area contributed by atoms with Crippen molar-refractivity contribution in [2.45, 2.75) is 39.3 Å². The average molecular weight is 373 g/mol. The Morgan fingerprint density at radius 3 is 2.35 bits per heavy atom. The van der Waals surface area contributed by atoms with E-state index in [9.17, 15) is 9.59 Å². The lowest BCUT2D eigenvalue weighted by molar-refractivity contribution is -0.141. The van der Waals surface area contributed by atoms with E-state index in [0.717, 1.165) is 11.1 Å². The van der Waals surface area contributed by atoms with Crippen LogP contribution in [0.1, 0.15) is 31.4 Å². The predicted molar refractivity (Wildman–Crippen MR) is 105 cm³/mol. The van der Waals surface area contributed by atoms with Gasteiger partial charge in [0.15, 0.2) is 0 Å². The second-order valence-corrected chi connectivity index (χ2v) is 6.54. The van der Waals surface area contributed by atoms with Crippen LogP contribution < -0.4 is 5.32 Å². The van der Waals surface area contributed by atoms with Crippen molar-refractivity contribution in [2.24, 2.45) is 0 Å². The lowest BCUT2D eigenvalue weighted by Crippen LogP contribution is -2.50. The van der Waals surface area contributed by atoms with Crippen molar-refractivity contribution in [3.63, 3.8) is 0 Å². The first kappa shape index (κ1) is 20.0. The van der Waals surface area contributed by atoms with Gasteiger partial charge in [0.25, 0.3) is 0 Å². The molecule has 0 unspecified atom stereocenters. The van der Waals surface area contributed by atoms with Crippen molar-refractivity contribution in [1.29, 1.82) is 0 Å². The number of hydrogen-bond acceptors (Lipinski definition) is 2. The van der Waals surface area contributed by atoms with Gasteiger partial charge in [-0.3, -0.25) is 9.59 Å². The molecule has 2 aromatic carbocycles. The van der Waals surface area contributed by atoms with E-state index < -0.39 is 6.04 Å². The number of carbonyl (C=O) groups excluding carboxylic acids is 2. The molecule has 1 atom stereocenters. The number of likely N-dealkylation sites (N-methyl/N-ethyl adjacent to an activating group) is 1. The number of halogens is 1. The molecule has 0 aliphatic rings. The summed E-state index contributed by atoms with van der Waals surface area (Å²) in [7, 11) is 0. The molecular formula is C21H25ClN2O2. The van der Waals surface area contributed by atoms with Gasteiger partial charge in [0.05, 0.1) is 0 Å². The van der Waals surface area contributed by atoms with Gasteiger partial charge in [0.1, 0.15) is 6.04 Å². The molecule has 0 aromatic heterocycles. The minimum absolute atomic E-state index is 0.0582.